The number of aliphatic hydroxyl groups is 1. The van der Waals surface area contributed by atoms with Crippen LogP contribution in [0, 0.1) is 5.92 Å². The van der Waals surface area contributed by atoms with Gasteiger partial charge in [-0.25, -0.2) is 0 Å². The molecule has 0 bridgehead atoms. The molecule has 0 fully saturated rings. The molecular weight excluding hydrogens is 334 g/mol. The van der Waals surface area contributed by atoms with Gasteiger partial charge >= 0.3 is 0 Å². The third-order valence-corrected chi connectivity index (χ3v) is 4.33. The second-order valence-corrected chi connectivity index (χ2v) is 6.53. The predicted octanol–water partition coefficient (Wildman–Crippen LogP) is 3.04. The van der Waals surface area contributed by atoms with Gasteiger partial charge in [-0.15, -0.1) is 0 Å². The highest BCUT2D eigenvalue weighted by atomic mass is 16.5. The van der Waals surface area contributed by atoms with E-state index in [0.29, 0.717) is 31.9 Å². The first kappa shape index (κ1) is 20.0. The summed E-state index contributed by atoms with van der Waals surface area (Å²) in [5.74, 6) is -0.852. The molecule has 1 aromatic carbocycles. The summed E-state index contributed by atoms with van der Waals surface area (Å²) in [5.41, 5.74) is 0.908. The fraction of sp³-hybridized carbons (Fsp3) is 0.500. The van der Waals surface area contributed by atoms with Crippen LogP contribution in [0.4, 0.5) is 0 Å². The Morgan fingerprint density at radius 1 is 1.35 bits per heavy atom. The molecule has 1 unspecified atom stereocenters. The molecule has 1 atom stereocenters. The van der Waals surface area contributed by atoms with Crippen LogP contribution in [-0.4, -0.2) is 48.6 Å². The Morgan fingerprint density at radius 3 is 2.69 bits per heavy atom. The van der Waals surface area contributed by atoms with E-state index in [1.54, 1.807) is 21.0 Å². The van der Waals surface area contributed by atoms with Crippen molar-refractivity contribution >= 4 is 11.7 Å². The van der Waals surface area contributed by atoms with Gasteiger partial charge in [0.2, 0.25) is 0 Å². The zero-order chi connectivity index (χ0) is 19.3. The number of Topliss-reactive ketones (excluding diaryl/α,β-unsaturated/α-hetero) is 1. The molecule has 0 aromatic heterocycles. The number of benzene rings is 1. The zero-order valence-electron chi connectivity index (χ0n) is 15.8. The maximum Gasteiger partial charge on any atom is 0.290 e. The van der Waals surface area contributed by atoms with E-state index in [2.05, 4.69) is 0 Å². The molecule has 6 heteroatoms. The smallest absolute Gasteiger partial charge is 0.290 e. The van der Waals surface area contributed by atoms with Crippen molar-refractivity contribution < 1.29 is 24.2 Å². The number of ketones is 1. The second kappa shape index (κ2) is 8.85. The van der Waals surface area contributed by atoms with E-state index in [1.165, 1.54) is 4.90 Å². The van der Waals surface area contributed by atoms with Gasteiger partial charge in [0.15, 0.2) is 11.5 Å². The van der Waals surface area contributed by atoms with Gasteiger partial charge in [-0.05, 0) is 31.0 Å². The third kappa shape index (κ3) is 4.07. The summed E-state index contributed by atoms with van der Waals surface area (Å²) in [4.78, 5) is 26.9. The highest BCUT2D eigenvalue weighted by Gasteiger charge is 2.43. The van der Waals surface area contributed by atoms with E-state index in [-0.39, 0.29) is 17.3 Å². The van der Waals surface area contributed by atoms with Crippen LogP contribution in [0.5, 0.6) is 5.75 Å². The molecule has 0 saturated heterocycles. The van der Waals surface area contributed by atoms with Crippen molar-refractivity contribution in [3.8, 4) is 5.75 Å². The minimum absolute atomic E-state index is 0.163. The number of hydrogen-bond acceptors (Lipinski definition) is 5. The average molecular weight is 361 g/mol. The lowest BCUT2D eigenvalue weighted by Crippen LogP contribution is -2.33. The number of carbonyl (C=O) groups excluding carboxylic acids is 2. The van der Waals surface area contributed by atoms with Crippen molar-refractivity contribution in [1.29, 1.82) is 0 Å². The van der Waals surface area contributed by atoms with Gasteiger partial charge in [0.1, 0.15) is 5.75 Å². The first-order valence-electron chi connectivity index (χ1n) is 8.92. The minimum atomic E-state index is -0.616. The summed E-state index contributed by atoms with van der Waals surface area (Å²) in [5, 5.41) is 10.4. The summed E-state index contributed by atoms with van der Waals surface area (Å²) in [6.07, 6.45) is 0.611. The van der Waals surface area contributed by atoms with Gasteiger partial charge in [-0.3, -0.25) is 9.59 Å². The molecule has 0 spiro atoms. The summed E-state index contributed by atoms with van der Waals surface area (Å²) < 4.78 is 10.6. The van der Waals surface area contributed by atoms with Crippen molar-refractivity contribution in [2.75, 3.05) is 26.9 Å². The van der Waals surface area contributed by atoms with Crippen LogP contribution in [0.15, 0.2) is 35.6 Å². The maximum absolute atomic E-state index is 12.7. The van der Waals surface area contributed by atoms with E-state index in [0.717, 1.165) is 5.56 Å². The fourth-order valence-electron chi connectivity index (χ4n) is 3.11. The lowest BCUT2D eigenvalue weighted by Gasteiger charge is -2.27. The molecule has 0 radical (unpaired) electrons. The Kier molecular flexibility index (Phi) is 6.80. The molecule has 1 heterocycles. The molecule has 1 aliphatic heterocycles. The molecule has 1 amide bonds. The number of aliphatic hydroxyl groups excluding tert-OH is 1. The maximum atomic E-state index is 12.7. The number of nitrogens with zero attached hydrogens (tertiary/aromatic N) is 1. The zero-order valence-corrected chi connectivity index (χ0v) is 15.8. The lowest BCUT2D eigenvalue weighted by molar-refractivity contribution is -0.129. The molecule has 142 valence electrons. The van der Waals surface area contributed by atoms with Crippen molar-refractivity contribution in [3.63, 3.8) is 0 Å². The molecule has 0 aliphatic carbocycles. The number of rotatable bonds is 9. The first-order chi connectivity index (χ1) is 12.4. The molecule has 6 nitrogen and oxygen atoms in total. The van der Waals surface area contributed by atoms with Crippen LogP contribution < -0.4 is 4.74 Å². The first-order valence-corrected chi connectivity index (χ1v) is 8.92. The topological polar surface area (TPSA) is 76.1 Å². The number of amides is 1. The Bertz CT molecular complexity index is 695. The van der Waals surface area contributed by atoms with E-state index in [1.807, 2.05) is 31.2 Å². The van der Waals surface area contributed by atoms with Crippen LogP contribution in [0.1, 0.15) is 38.8 Å². The summed E-state index contributed by atoms with van der Waals surface area (Å²) >= 11 is 0. The largest absolute Gasteiger partial charge is 0.503 e. The van der Waals surface area contributed by atoms with Gasteiger partial charge in [0.25, 0.3) is 5.91 Å². The number of carbonyl (C=O) groups is 2. The van der Waals surface area contributed by atoms with Gasteiger partial charge in [0, 0.05) is 26.2 Å². The van der Waals surface area contributed by atoms with Crippen molar-refractivity contribution in [2.45, 2.75) is 33.2 Å². The molecule has 2 rings (SSSR count). The molecule has 1 aromatic rings. The standard InChI is InChI=1S/C20H27NO5/c1-5-26-15-9-6-8-14(12-15)17-16(18(22)13(2)3)19(23)20(24)21(17)10-7-11-25-4/h6,8-9,12-13,17,23H,5,7,10-11H2,1-4H3. The highest BCUT2D eigenvalue weighted by Crippen LogP contribution is 2.39. The normalized spacial score (nSPS) is 17.3. The van der Waals surface area contributed by atoms with Crippen LogP contribution in [0.25, 0.3) is 0 Å². The number of hydrogen-bond donors (Lipinski definition) is 1. The Hall–Kier alpha value is -2.34. The Labute approximate surface area is 154 Å². The molecule has 0 saturated carbocycles. The van der Waals surface area contributed by atoms with Gasteiger partial charge < -0.3 is 19.5 Å². The van der Waals surface area contributed by atoms with Gasteiger partial charge in [-0.2, -0.15) is 0 Å². The molecular formula is C20H27NO5. The Balaban J connectivity index is 2.46. The quantitative estimate of drug-likeness (QED) is 0.684. The predicted molar refractivity (Wildman–Crippen MR) is 98.1 cm³/mol. The SMILES string of the molecule is CCOc1cccc(C2C(C(=O)C(C)C)=C(O)C(=O)N2CCCOC)c1. The Morgan fingerprint density at radius 2 is 2.08 bits per heavy atom. The van der Waals surface area contributed by atoms with Crippen molar-refractivity contribution in [2.24, 2.45) is 5.92 Å². The molecule has 1 aliphatic rings. The van der Waals surface area contributed by atoms with Crippen LogP contribution in [-0.2, 0) is 14.3 Å². The van der Waals surface area contributed by atoms with Crippen LogP contribution in [0.3, 0.4) is 0 Å². The van der Waals surface area contributed by atoms with Crippen molar-refractivity contribution in [1.82, 2.24) is 4.90 Å². The van der Waals surface area contributed by atoms with E-state index in [4.69, 9.17) is 9.47 Å². The van der Waals surface area contributed by atoms with E-state index >= 15 is 0 Å². The summed E-state index contributed by atoms with van der Waals surface area (Å²) in [7, 11) is 1.60. The number of ether oxygens (including phenoxy) is 2. The van der Waals surface area contributed by atoms with Crippen molar-refractivity contribution in [3.05, 3.63) is 41.2 Å². The third-order valence-electron chi connectivity index (χ3n) is 4.33. The van der Waals surface area contributed by atoms with E-state index in [9.17, 15) is 14.7 Å². The fourth-order valence-corrected chi connectivity index (χ4v) is 3.11. The minimum Gasteiger partial charge on any atom is -0.503 e. The average Bonchev–Trinajstić information content (AvgIpc) is 2.86. The number of methoxy groups -OCH3 is 1. The second-order valence-electron chi connectivity index (χ2n) is 6.53. The summed E-state index contributed by atoms with van der Waals surface area (Å²) in [6, 6.07) is 6.69. The van der Waals surface area contributed by atoms with Gasteiger partial charge in [0.05, 0.1) is 18.2 Å². The van der Waals surface area contributed by atoms with Gasteiger partial charge in [-0.1, -0.05) is 26.0 Å². The van der Waals surface area contributed by atoms with E-state index < -0.39 is 17.7 Å². The molecule has 26 heavy (non-hydrogen) atoms. The van der Waals surface area contributed by atoms with Crippen LogP contribution >= 0.6 is 0 Å². The summed E-state index contributed by atoms with van der Waals surface area (Å²) in [6.45, 7) is 6.80. The lowest BCUT2D eigenvalue weighted by atomic mass is 9.91. The highest BCUT2D eigenvalue weighted by molar-refractivity contribution is 6.09. The van der Waals surface area contributed by atoms with Crippen LogP contribution in [0.2, 0.25) is 0 Å². The molecule has 1 N–H and O–H groups in total. The monoisotopic (exact) mass is 361 g/mol.